The third kappa shape index (κ3) is 3.43. The summed E-state index contributed by atoms with van der Waals surface area (Å²) in [6, 6.07) is 19.6. The van der Waals surface area contributed by atoms with E-state index in [2.05, 4.69) is 24.8 Å². The van der Waals surface area contributed by atoms with Gasteiger partial charge in [-0.2, -0.15) is 0 Å². The molecule has 0 radical (unpaired) electrons. The van der Waals surface area contributed by atoms with Gasteiger partial charge >= 0.3 is 0 Å². The fourth-order valence-electron chi connectivity index (χ4n) is 2.58. The smallest absolute Gasteiger partial charge is 0.237 e. The van der Waals surface area contributed by atoms with Crippen molar-refractivity contribution >= 4 is 34.7 Å². The molecule has 1 amide bonds. The van der Waals surface area contributed by atoms with Crippen LogP contribution in [0.25, 0.3) is 16.7 Å². The van der Waals surface area contributed by atoms with Crippen molar-refractivity contribution in [1.82, 2.24) is 19.5 Å². The molecule has 2 aromatic heterocycles. The summed E-state index contributed by atoms with van der Waals surface area (Å²) in [5, 5.41) is 3.45. The number of aromatic nitrogens is 4. The van der Waals surface area contributed by atoms with Crippen LogP contribution in [0.2, 0.25) is 0 Å². The molecular formula is C19H15N5OS. The molecule has 2 aromatic carbocycles. The zero-order chi connectivity index (χ0) is 17.8. The number of benzene rings is 2. The van der Waals surface area contributed by atoms with E-state index in [9.17, 15) is 4.79 Å². The lowest BCUT2D eigenvalue weighted by atomic mass is 10.3. The van der Waals surface area contributed by atoms with E-state index in [0.717, 1.165) is 21.9 Å². The monoisotopic (exact) mass is 361 g/mol. The number of carbonyl (C=O) groups excluding carboxylic acids is 1. The number of thioether (sulfide) groups is 1. The first-order chi connectivity index (χ1) is 12.8. The number of amides is 1. The van der Waals surface area contributed by atoms with Crippen LogP contribution in [0.1, 0.15) is 0 Å². The van der Waals surface area contributed by atoms with Crippen molar-refractivity contribution in [2.75, 3.05) is 11.1 Å². The van der Waals surface area contributed by atoms with Crippen LogP contribution in [-0.2, 0) is 4.79 Å². The Morgan fingerprint density at radius 1 is 0.962 bits per heavy atom. The second-order valence-electron chi connectivity index (χ2n) is 5.46. The third-order valence-electron chi connectivity index (χ3n) is 3.69. The fourth-order valence-corrected chi connectivity index (χ4v) is 3.41. The minimum atomic E-state index is -0.173. The normalized spacial score (nSPS) is 10.8. The van der Waals surface area contributed by atoms with Crippen LogP contribution in [0.5, 0.6) is 0 Å². The molecule has 0 aliphatic heterocycles. The minimum Gasteiger partial charge on any atom is -0.294 e. The summed E-state index contributed by atoms with van der Waals surface area (Å²) in [4.78, 5) is 24.9. The molecule has 1 N–H and O–H groups in total. The minimum absolute atomic E-state index is 0.173. The van der Waals surface area contributed by atoms with E-state index in [1.807, 2.05) is 54.6 Å². The van der Waals surface area contributed by atoms with Gasteiger partial charge in [0.05, 0.1) is 16.8 Å². The highest BCUT2D eigenvalue weighted by atomic mass is 32.2. The van der Waals surface area contributed by atoms with Crippen molar-refractivity contribution in [3.63, 3.8) is 0 Å². The van der Waals surface area contributed by atoms with E-state index < -0.39 is 0 Å². The number of hydrogen-bond donors (Lipinski definition) is 1. The van der Waals surface area contributed by atoms with Gasteiger partial charge in [-0.05, 0) is 30.3 Å². The predicted molar refractivity (Wildman–Crippen MR) is 102 cm³/mol. The molecule has 0 aliphatic carbocycles. The Morgan fingerprint density at radius 2 is 1.69 bits per heavy atom. The van der Waals surface area contributed by atoms with Crippen molar-refractivity contribution in [1.29, 1.82) is 0 Å². The number of hydrogen-bond acceptors (Lipinski definition) is 5. The lowest BCUT2D eigenvalue weighted by Gasteiger charge is -2.08. The van der Waals surface area contributed by atoms with Crippen LogP contribution in [0.3, 0.4) is 0 Å². The molecule has 6 nitrogen and oxygen atoms in total. The molecule has 0 saturated heterocycles. The van der Waals surface area contributed by atoms with Crippen molar-refractivity contribution in [3.05, 3.63) is 73.1 Å². The van der Waals surface area contributed by atoms with E-state index in [4.69, 9.17) is 0 Å². The molecule has 7 heteroatoms. The lowest BCUT2D eigenvalue weighted by Crippen LogP contribution is -2.16. The van der Waals surface area contributed by atoms with Gasteiger partial charge in [-0.3, -0.25) is 14.7 Å². The first kappa shape index (κ1) is 16.3. The van der Waals surface area contributed by atoms with Crippen molar-refractivity contribution in [2.24, 2.45) is 0 Å². The molecule has 2 heterocycles. The van der Waals surface area contributed by atoms with E-state index in [-0.39, 0.29) is 11.7 Å². The van der Waals surface area contributed by atoms with Gasteiger partial charge in [0.15, 0.2) is 5.16 Å². The first-order valence-corrected chi connectivity index (χ1v) is 9.02. The molecule has 0 fully saturated rings. The Bertz CT molecular complexity index is 1030. The summed E-state index contributed by atoms with van der Waals surface area (Å²) in [6.07, 6.45) is 3.18. The molecule has 0 spiro atoms. The largest absolute Gasteiger partial charge is 0.294 e. The van der Waals surface area contributed by atoms with Crippen molar-refractivity contribution in [2.45, 2.75) is 5.16 Å². The number of imidazole rings is 1. The number of rotatable bonds is 5. The van der Waals surface area contributed by atoms with Crippen molar-refractivity contribution < 1.29 is 4.79 Å². The topological polar surface area (TPSA) is 72.7 Å². The number of nitrogens with zero attached hydrogens (tertiary/aromatic N) is 4. The average molecular weight is 361 g/mol. The molecule has 0 aliphatic rings. The van der Waals surface area contributed by atoms with Crippen LogP contribution in [0, 0.1) is 0 Å². The number of carbonyl (C=O) groups is 1. The Balaban J connectivity index is 1.59. The molecule has 0 saturated carbocycles. The van der Waals surface area contributed by atoms with Gasteiger partial charge in [0.25, 0.3) is 0 Å². The highest BCUT2D eigenvalue weighted by Crippen LogP contribution is 2.27. The fraction of sp³-hybridized carbons (Fsp3) is 0.0526. The standard InChI is InChI=1S/C19H15N5OS/c25-17(23-18-20-11-6-12-21-18)13-26-19-22-15-9-4-5-10-16(15)24(19)14-7-2-1-3-8-14/h1-12H,13H2,(H,20,21,23,25). The van der Waals surface area contributed by atoms with Crippen LogP contribution in [0.4, 0.5) is 5.95 Å². The average Bonchev–Trinajstić information content (AvgIpc) is 3.06. The summed E-state index contributed by atoms with van der Waals surface area (Å²) in [5.41, 5.74) is 2.91. The third-order valence-corrected chi connectivity index (χ3v) is 4.63. The predicted octanol–water partition coefficient (Wildman–Crippen LogP) is 3.55. The maximum atomic E-state index is 12.2. The number of anilines is 1. The first-order valence-electron chi connectivity index (χ1n) is 8.04. The van der Waals surface area contributed by atoms with Gasteiger partial charge in [0.2, 0.25) is 11.9 Å². The zero-order valence-electron chi connectivity index (χ0n) is 13.7. The second-order valence-corrected chi connectivity index (χ2v) is 6.41. The molecular weight excluding hydrogens is 346 g/mol. The molecule has 4 rings (SSSR count). The summed E-state index contributed by atoms with van der Waals surface area (Å²) < 4.78 is 2.06. The highest BCUT2D eigenvalue weighted by Gasteiger charge is 2.14. The van der Waals surface area contributed by atoms with E-state index in [0.29, 0.717) is 5.95 Å². The maximum Gasteiger partial charge on any atom is 0.237 e. The van der Waals surface area contributed by atoms with Gasteiger partial charge in [-0.25, -0.2) is 15.0 Å². The molecule has 26 heavy (non-hydrogen) atoms. The Morgan fingerprint density at radius 3 is 2.50 bits per heavy atom. The summed E-state index contributed by atoms with van der Waals surface area (Å²) >= 11 is 1.38. The van der Waals surface area contributed by atoms with Crippen molar-refractivity contribution in [3.8, 4) is 5.69 Å². The van der Waals surface area contributed by atoms with Gasteiger partial charge in [0.1, 0.15) is 0 Å². The van der Waals surface area contributed by atoms with E-state index >= 15 is 0 Å². The number of nitrogens with one attached hydrogen (secondary N) is 1. The second kappa shape index (κ2) is 7.37. The summed E-state index contributed by atoms with van der Waals surface area (Å²) in [6.45, 7) is 0. The van der Waals surface area contributed by atoms with Crippen LogP contribution >= 0.6 is 11.8 Å². The molecule has 128 valence electrons. The quantitative estimate of drug-likeness (QED) is 0.550. The van der Waals surface area contributed by atoms with Gasteiger partial charge in [-0.1, -0.05) is 42.1 Å². The Hall–Kier alpha value is -3.19. The van der Waals surface area contributed by atoms with E-state index in [1.165, 1.54) is 11.8 Å². The van der Waals surface area contributed by atoms with Crippen LogP contribution in [0.15, 0.2) is 78.2 Å². The summed E-state index contributed by atoms with van der Waals surface area (Å²) in [7, 11) is 0. The van der Waals surface area contributed by atoms with Crippen LogP contribution < -0.4 is 5.32 Å². The number of fused-ring (bicyclic) bond motifs is 1. The lowest BCUT2D eigenvalue weighted by molar-refractivity contribution is -0.113. The van der Waals surface area contributed by atoms with Gasteiger partial charge < -0.3 is 0 Å². The Kier molecular flexibility index (Phi) is 4.61. The van der Waals surface area contributed by atoms with Gasteiger partial charge in [-0.15, -0.1) is 0 Å². The molecule has 0 atom stereocenters. The van der Waals surface area contributed by atoms with Crippen LogP contribution in [-0.4, -0.2) is 31.2 Å². The number of para-hydroxylation sites is 3. The molecule has 0 bridgehead atoms. The maximum absolute atomic E-state index is 12.2. The SMILES string of the molecule is O=C(CSc1nc2ccccc2n1-c1ccccc1)Nc1ncccn1. The molecule has 4 aromatic rings. The highest BCUT2D eigenvalue weighted by molar-refractivity contribution is 7.99. The summed E-state index contributed by atoms with van der Waals surface area (Å²) in [5.74, 6) is 0.344. The van der Waals surface area contributed by atoms with Gasteiger partial charge in [0, 0.05) is 18.1 Å². The zero-order valence-corrected chi connectivity index (χ0v) is 14.6. The van der Waals surface area contributed by atoms with E-state index in [1.54, 1.807) is 18.5 Å². The molecule has 0 unspecified atom stereocenters. The Labute approximate surface area is 154 Å².